The number of nitro groups is 1. The standard InChI is InChI=1S/C22H27N3O5S/c1-14-11-16(3)21(17(4)12-14)31(29,30)24-9-7-18(8-10-24)22(26)23-19-6-5-15(2)20(13-19)25(27)28/h5-6,11-13,18H,7-10H2,1-4H3,(H,23,26). The SMILES string of the molecule is Cc1cc(C)c(S(=O)(=O)N2CCC(C(=O)Nc3ccc(C)c([N+](=O)[O-])c3)CC2)c(C)c1. The molecule has 0 aliphatic carbocycles. The Balaban J connectivity index is 1.69. The number of sulfonamides is 1. The maximum absolute atomic E-state index is 13.2. The van der Waals surface area contributed by atoms with E-state index in [0.29, 0.717) is 29.0 Å². The smallest absolute Gasteiger partial charge is 0.274 e. The lowest BCUT2D eigenvalue weighted by Crippen LogP contribution is -2.41. The van der Waals surface area contributed by atoms with Gasteiger partial charge in [0.1, 0.15) is 0 Å². The van der Waals surface area contributed by atoms with Crippen LogP contribution in [0.3, 0.4) is 0 Å². The minimum atomic E-state index is -3.64. The summed E-state index contributed by atoms with van der Waals surface area (Å²) < 4.78 is 27.8. The Morgan fingerprint density at radius 1 is 1.03 bits per heavy atom. The van der Waals surface area contributed by atoms with E-state index in [9.17, 15) is 23.3 Å². The van der Waals surface area contributed by atoms with Crippen LogP contribution in [0, 0.1) is 43.7 Å². The molecule has 2 aromatic carbocycles. The molecule has 2 aromatic rings. The Labute approximate surface area is 182 Å². The van der Waals surface area contributed by atoms with Gasteiger partial charge in [0.15, 0.2) is 0 Å². The van der Waals surface area contributed by atoms with E-state index in [-0.39, 0.29) is 30.6 Å². The Morgan fingerprint density at radius 3 is 2.16 bits per heavy atom. The van der Waals surface area contributed by atoms with Crippen molar-refractivity contribution >= 4 is 27.3 Å². The minimum absolute atomic E-state index is 0.0532. The lowest BCUT2D eigenvalue weighted by atomic mass is 9.97. The number of carbonyl (C=O) groups is 1. The predicted molar refractivity (Wildman–Crippen MR) is 119 cm³/mol. The van der Waals surface area contributed by atoms with Crippen LogP contribution in [0.4, 0.5) is 11.4 Å². The molecule has 9 heteroatoms. The number of aryl methyl sites for hydroxylation is 4. The number of anilines is 1. The summed E-state index contributed by atoms with van der Waals surface area (Å²) in [6, 6.07) is 8.29. The second-order valence-electron chi connectivity index (χ2n) is 8.15. The van der Waals surface area contributed by atoms with Crippen LogP contribution in [0.2, 0.25) is 0 Å². The molecule has 0 aromatic heterocycles. The molecule has 166 valence electrons. The van der Waals surface area contributed by atoms with E-state index in [1.807, 2.05) is 19.1 Å². The van der Waals surface area contributed by atoms with Gasteiger partial charge in [-0.1, -0.05) is 23.8 Å². The van der Waals surface area contributed by atoms with Crippen molar-refractivity contribution < 1.29 is 18.1 Å². The van der Waals surface area contributed by atoms with Crippen LogP contribution in [0.1, 0.15) is 35.1 Å². The third-order valence-electron chi connectivity index (χ3n) is 5.70. The maximum atomic E-state index is 13.2. The summed E-state index contributed by atoms with van der Waals surface area (Å²) in [5.74, 6) is -0.607. The predicted octanol–water partition coefficient (Wildman–Crippen LogP) is 3.87. The van der Waals surface area contributed by atoms with Crippen molar-refractivity contribution in [2.75, 3.05) is 18.4 Å². The molecule has 0 spiro atoms. The van der Waals surface area contributed by atoms with Gasteiger partial charge in [-0.15, -0.1) is 0 Å². The van der Waals surface area contributed by atoms with Crippen LogP contribution >= 0.6 is 0 Å². The zero-order valence-corrected chi connectivity index (χ0v) is 19.0. The van der Waals surface area contributed by atoms with Gasteiger partial charge >= 0.3 is 0 Å². The highest BCUT2D eigenvalue weighted by molar-refractivity contribution is 7.89. The van der Waals surface area contributed by atoms with E-state index in [1.54, 1.807) is 32.9 Å². The number of benzene rings is 2. The zero-order chi connectivity index (χ0) is 22.9. The van der Waals surface area contributed by atoms with Crippen molar-refractivity contribution in [3.63, 3.8) is 0 Å². The molecule has 8 nitrogen and oxygen atoms in total. The van der Waals surface area contributed by atoms with E-state index in [1.165, 1.54) is 10.4 Å². The molecule has 0 radical (unpaired) electrons. The highest BCUT2D eigenvalue weighted by atomic mass is 32.2. The van der Waals surface area contributed by atoms with Gasteiger partial charge in [0, 0.05) is 36.3 Å². The van der Waals surface area contributed by atoms with Crippen LogP contribution < -0.4 is 5.32 Å². The number of carbonyl (C=O) groups excluding carboxylic acids is 1. The summed E-state index contributed by atoms with van der Waals surface area (Å²) in [7, 11) is -3.64. The number of nitrogens with one attached hydrogen (secondary N) is 1. The van der Waals surface area contributed by atoms with Gasteiger partial charge in [-0.3, -0.25) is 14.9 Å². The highest BCUT2D eigenvalue weighted by Crippen LogP contribution is 2.30. The van der Waals surface area contributed by atoms with Crippen molar-refractivity contribution in [3.05, 3.63) is 62.7 Å². The summed E-state index contributed by atoms with van der Waals surface area (Å²) in [5.41, 5.74) is 3.28. The molecule has 0 unspecified atom stereocenters. The first-order chi connectivity index (χ1) is 14.5. The van der Waals surface area contributed by atoms with Gasteiger partial charge < -0.3 is 5.32 Å². The first kappa shape index (κ1) is 22.9. The highest BCUT2D eigenvalue weighted by Gasteiger charge is 2.33. The zero-order valence-electron chi connectivity index (χ0n) is 18.1. The van der Waals surface area contributed by atoms with Gasteiger partial charge in [0.05, 0.1) is 9.82 Å². The molecule has 0 saturated carbocycles. The Hall–Kier alpha value is -2.78. The van der Waals surface area contributed by atoms with Crippen molar-refractivity contribution in [1.82, 2.24) is 4.31 Å². The van der Waals surface area contributed by atoms with Crippen molar-refractivity contribution in [2.45, 2.75) is 45.4 Å². The molecule has 1 fully saturated rings. The normalized spacial score (nSPS) is 15.6. The van der Waals surface area contributed by atoms with Crippen LogP contribution in [0.15, 0.2) is 35.2 Å². The molecule has 0 bridgehead atoms. The van der Waals surface area contributed by atoms with Crippen LogP contribution in [-0.4, -0.2) is 36.6 Å². The molecule has 1 aliphatic heterocycles. The van der Waals surface area contributed by atoms with Gasteiger partial charge in [-0.25, -0.2) is 8.42 Å². The average molecular weight is 446 g/mol. The van der Waals surface area contributed by atoms with Crippen molar-refractivity contribution in [2.24, 2.45) is 5.92 Å². The lowest BCUT2D eigenvalue weighted by Gasteiger charge is -2.31. The number of nitro benzene ring substituents is 1. The Kier molecular flexibility index (Phi) is 6.47. The second-order valence-corrected chi connectivity index (χ2v) is 10.0. The molecule has 1 N–H and O–H groups in total. The molecule has 1 aliphatic rings. The molecular weight excluding hydrogens is 418 g/mol. The first-order valence-electron chi connectivity index (χ1n) is 10.1. The Bertz CT molecular complexity index is 1110. The molecule has 0 atom stereocenters. The summed E-state index contributed by atoms with van der Waals surface area (Å²) in [6.45, 7) is 7.67. The van der Waals surface area contributed by atoms with Crippen LogP contribution in [0.5, 0.6) is 0 Å². The molecule has 1 amide bonds. The topological polar surface area (TPSA) is 110 Å². The number of nitrogens with zero attached hydrogens (tertiary/aromatic N) is 2. The fourth-order valence-electron chi connectivity index (χ4n) is 4.19. The van der Waals surface area contributed by atoms with Gasteiger partial charge in [0.2, 0.25) is 15.9 Å². The number of hydrogen-bond acceptors (Lipinski definition) is 5. The molecule has 3 rings (SSSR count). The number of rotatable bonds is 5. The maximum Gasteiger partial charge on any atom is 0.274 e. The summed E-state index contributed by atoms with van der Waals surface area (Å²) in [6.07, 6.45) is 0.784. The third-order valence-corrected chi connectivity index (χ3v) is 7.91. The van der Waals surface area contributed by atoms with Crippen molar-refractivity contribution in [1.29, 1.82) is 0 Å². The largest absolute Gasteiger partial charge is 0.326 e. The minimum Gasteiger partial charge on any atom is -0.326 e. The molecule has 1 saturated heterocycles. The first-order valence-corrected chi connectivity index (χ1v) is 11.6. The quantitative estimate of drug-likeness (QED) is 0.555. The lowest BCUT2D eigenvalue weighted by molar-refractivity contribution is -0.385. The molecular formula is C22H27N3O5S. The van der Waals surface area contributed by atoms with Gasteiger partial charge in [-0.05, 0) is 57.7 Å². The summed E-state index contributed by atoms with van der Waals surface area (Å²) >= 11 is 0. The Morgan fingerprint density at radius 2 is 1.61 bits per heavy atom. The number of piperidine rings is 1. The number of hydrogen-bond donors (Lipinski definition) is 1. The monoisotopic (exact) mass is 445 g/mol. The molecule has 1 heterocycles. The van der Waals surface area contributed by atoms with E-state index >= 15 is 0 Å². The summed E-state index contributed by atoms with van der Waals surface area (Å²) in [5, 5.41) is 13.8. The van der Waals surface area contributed by atoms with Crippen LogP contribution in [-0.2, 0) is 14.8 Å². The van der Waals surface area contributed by atoms with Crippen LogP contribution in [0.25, 0.3) is 0 Å². The van der Waals surface area contributed by atoms with E-state index in [4.69, 9.17) is 0 Å². The number of amides is 1. The van der Waals surface area contributed by atoms with E-state index in [0.717, 1.165) is 16.7 Å². The summed E-state index contributed by atoms with van der Waals surface area (Å²) in [4.78, 5) is 23.6. The van der Waals surface area contributed by atoms with E-state index < -0.39 is 14.9 Å². The van der Waals surface area contributed by atoms with Gasteiger partial charge in [-0.2, -0.15) is 4.31 Å². The molecule has 31 heavy (non-hydrogen) atoms. The van der Waals surface area contributed by atoms with Crippen molar-refractivity contribution in [3.8, 4) is 0 Å². The third kappa shape index (κ3) is 4.77. The van der Waals surface area contributed by atoms with E-state index in [2.05, 4.69) is 5.32 Å². The average Bonchev–Trinajstić information content (AvgIpc) is 2.68. The van der Waals surface area contributed by atoms with Gasteiger partial charge in [0.25, 0.3) is 5.69 Å². The fourth-order valence-corrected chi connectivity index (χ4v) is 6.07. The second kappa shape index (κ2) is 8.76. The fraction of sp³-hybridized carbons (Fsp3) is 0.409.